The van der Waals surface area contributed by atoms with Crippen molar-refractivity contribution in [3.05, 3.63) is 63.4 Å². The normalized spacial score (nSPS) is 12.4. The summed E-state index contributed by atoms with van der Waals surface area (Å²) >= 11 is 6.12. The van der Waals surface area contributed by atoms with Gasteiger partial charge in [-0.1, -0.05) is 36.4 Å². The molecule has 0 radical (unpaired) electrons. The van der Waals surface area contributed by atoms with E-state index < -0.39 is 6.10 Å². The van der Waals surface area contributed by atoms with Gasteiger partial charge in [-0.25, -0.2) is 9.79 Å². The molecule has 1 aromatic carbocycles. The predicted octanol–water partition coefficient (Wildman–Crippen LogP) is 0.260. The molecule has 0 aliphatic heterocycles. The van der Waals surface area contributed by atoms with Gasteiger partial charge in [0.1, 0.15) is 17.3 Å². The van der Waals surface area contributed by atoms with Crippen LogP contribution >= 0.6 is 11.6 Å². The molecule has 2 rings (SSSR count). The first-order valence-electron chi connectivity index (χ1n) is 7.59. The first-order valence-corrected chi connectivity index (χ1v) is 7.96. The third kappa shape index (κ3) is 4.96. The molecule has 0 bridgehead atoms. The molecule has 0 aliphatic carbocycles. The van der Waals surface area contributed by atoms with E-state index in [-0.39, 0.29) is 31.1 Å². The SMILES string of the molecule is C=C(/N=C\c1[nH]c(=O)n(Cc2ccccc2Cl)c1N)NCC(O)CN. The molecule has 0 fully saturated rings. The second-order valence-corrected chi connectivity index (χ2v) is 5.79. The second-order valence-electron chi connectivity index (χ2n) is 5.38. The number of aliphatic hydroxyl groups excluding tert-OH is 1. The number of hydrogen-bond acceptors (Lipinski definition) is 6. The van der Waals surface area contributed by atoms with E-state index in [1.54, 1.807) is 6.07 Å². The Morgan fingerprint density at radius 1 is 1.52 bits per heavy atom. The lowest BCUT2D eigenvalue weighted by Crippen LogP contribution is -2.31. The number of aliphatic imine (C=N–C) groups is 1. The number of aliphatic hydroxyl groups is 1. The summed E-state index contributed by atoms with van der Waals surface area (Å²) in [6.45, 7) is 4.31. The number of aromatic amines is 1. The van der Waals surface area contributed by atoms with Gasteiger partial charge in [0.15, 0.2) is 0 Å². The van der Waals surface area contributed by atoms with Crippen LogP contribution in [0, 0.1) is 0 Å². The number of nitrogen functional groups attached to an aromatic ring is 1. The van der Waals surface area contributed by atoms with Gasteiger partial charge in [0, 0.05) is 18.1 Å². The van der Waals surface area contributed by atoms with E-state index in [2.05, 4.69) is 21.9 Å². The fourth-order valence-electron chi connectivity index (χ4n) is 2.06. The molecule has 0 amide bonds. The number of H-pyrrole nitrogens is 1. The van der Waals surface area contributed by atoms with Crippen molar-refractivity contribution in [1.82, 2.24) is 14.9 Å². The van der Waals surface area contributed by atoms with Crippen LogP contribution in [0.2, 0.25) is 5.02 Å². The maximum Gasteiger partial charge on any atom is 0.327 e. The Bertz CT molecular complexity index is 826. The summed E-state index contributed by atoms with van der Waals surface area (Å²) in [5.41, 5.74) is 12.1. The van der Waals surface area contributed by atoms with Gasteiger partial charge in [-0.3, -0.25) is 4.57 Å². The van der Waals surface area contributed by atoms with Crippen LogP contribution in [0.25, 0.3) is 0 Å². The van der Waals surface area contributed by atoms with Crippen molar-refractivity contribution >= 4 is 23.6 Å². The van der Waals surface area contributed by atoms with E-state index in [1.807, 2.05) is 18.2 Å². The first-order chi connectivity index (χ1) is 11.9. The van der Waals surface area contributed by atoms with Crippen LogP contribution in [0.5, 0.6) is 0 Å². The topological polar surface area (TPSA) is 134 Å². The average Bonchev–Trinajstić information content (AvgIpc) is 2.87. The molecule has 0 aliphatic rings. The van der Waals surface area contributed by atoms with Crippen LogP contribution in [0.15, 0.2) is 46.5 Å². The molecule has 1 heterocycles. The van der Waals surface area contributed by atoms with Gasteiger partial charge >= 0.3 is 5.69 Å². The molecule has 1 aromatic heterocycles. The molecular formula is C16H21ClN6O2. The molecule has 0 spiro atoms. The summed E-state index contributed by atoms with van der Waals surface area (Å²) in [4.78, 5) is 18.8. The lowest BCUT2D eigenvalue weighted by Gasteiger charge is -2.09. The molecular weight excluding hydrogens is 344 g/mol. The number of benzene rings is 1. The summed E-state index contributed by atoms with van der Waals surface area (Å²) < 4.78 is 1.37. The van der Waals surface area contributed by atoms with Gasteiger partial charge in [-0.2, -0.15) is 0 Å². The molecule has 134 valence electrons. The Morgan fingerprint density at radius 2 is 2.24 bits per heavy atom. The van der Waals surface area contributed by atoms with Crippen molar-refractivity contribution in [1.29, 1.82) is 0 Å². The summed E-state index contributed by atoms with van der Waals surface area (Å²) in [5.74, 6) is 0.551. The molecule has 2 aromatic rings. The summed E-state index contributed by atoms with van der Waals surface area (Å²) in [5, 5.41) is 12.7. The fraction of sp³-hybridized carbons (Fsp3) is 0.250. The largest absolute Gasteiger partial charge is 0.390 e. The quantitative estimate of drug-likeness (QED) is 0.428. The van der Waals surface area contributed by atoms with Crippen LogP contribution < -0.4 is 22.5 Å². The van der Waals surface area contributed by atoms with Crippen molar-refractivity contribution in [2.24, 2.45) is 10.7 Å². The smallest absolute Gasteiger partial charge is 0.327 e. The molecule has 1 unspecified atom stereocenters. The van der Waals surface area contributed by atoms with Gasteiger partial charge in [-0.05, 0) is 11.6 Å². The first kappa shape index (κ1) is 18.8. The lowest BCUT2D eigenvalue weighted by atomic mass is 10.2. The standard InChI is InChI=1S/C16H21ClN6O2/c1-10(20-7-12(24)6-18)21-8-14-15(19)23(16(25)22-14)9-11-4-2-3-5-13(11)17/h2-5,8,12,20,24H,1,6-7,9,18-19H2,(H,22,25)/b21-8-. The Hall–Kier alpha value is -2.55. The number of rotatable bonds is 8. The van der Waals surface area contributed by atoms with E-state index in [0.717, 1.165) is 5.56 Å². The van der Waals surface area contributed by atoms with Crippen molar-refractivity contribution in [3.8, 4) is 0 Å². The average molecular weight is 365 g/mol. The third-order valence-corrected chi connectivity index (χ3v) is 3.87. The Kier molecular flexibility index (Phi) is 6.40. The van der Waals surface area contributed by atoms with Crippen molar-refractivity contribution < 1.29 is 5.11 Å². The van der Waals surface area contributed by atoms with E-state index in [9.17, 15) is 9.90 Å². The van der Waals surface area contributed by atoms with Crippen LogP contribution in [0.3, 0.4) is 0 Å². The number of nitrogens with one attached hydrogen (secondary N) is 2. The van der Waals surface area contributed by atoms with Gasteiger partial charge in [0.25, 0.3) is 0 Å². The van der Waals surface area contributed by atoms with Crippen molar-refractivity contribution in [2.45, 2.75) is 12.6 Å². The van der Waals surface area contributed by atoms with Gasteiger partial charge in [-0.15, -0.1) is 0 Å². The number of imidazole rings is 1. The Labute approximate surface area is 149 Å². The van der Waals surface area contributed by atoms with Crippen LogP contribution in [-0.4, -0.2) is 40.1 Å². The number of nitrogens with zero attached hydrogens (tertiary/aromatic N) is 2. The van der Waals surface area contributed by atoms with Gasteiger partial charge < -0.3 is 26.9 Å². The summed E-state index contributed by atoms with van der Waals surface area (Å²) in [6, 6.07) is 7.22. The fourth-order valence-corrected chi connectivity index (χ4v) is 2.26. The molecule has 1 atom stereocenters. The number of halogens is 1. The Balaban J connectivity index is 2.11. The van der Waals surface area contributed by atoms with Crippen LogP contribution in [0.1, 0.15) is 11.3 Å². The molecule has 0 saturated heterocycles. The maximum atomic E-state index is 12.1. The minimum absolute atomic E-state index is 0.134. The zero-order valence-corrected chi connectivity index (χ0v) is 14.3. The van der Waals surface area contributed by atoms with E-state index >= 15 is 0 Å². The van der Waals surface area contributed by atoms with Crippen LogP contribution in [0.4, 0.5) is 5.82 Å². The van der Waals surface area contributed by atoms with E-state index in [4.69, 9.17) is 23.1 Å². The van der Waals surface area contributed by atoms with Gasteiger partial charge in [0.2, 0.25) is 0 Å². The summed E-state index contributed by atoms with van der Waals surface area (Å²) in [6.07, 6.45) is 0.706. The number of anilines is 1. The minimum Gasteiger partial charge on any atom is -0.390 e. The molecule has 0 saturated carbocycles. The number of aromatic nitrogens is 2. The second kappa shape index (κ2) is 8.52. The van der Waals surface area contributed by atoms with E-state index in [1.165, 1.54) is 10.8 Å². The highest BCUT2D eigenvalue weighted by Crippen LogP contribution is 2.17. The predicted molar refractivity (Wildman–Crippen MR) is 99.8 cm³/mol. The molecule has 7 N–H and O–H groups in total. The molecule has 9 heteroatoms. The molecule has 25 heavy (non-hydrogen) atoms. The number of hydrogen-bond donors (Lipinski definition) is 5. The lowest BCUT2D eigenvalue weighted by molar-refractivity contribution is 0.183. The van der Waals surface area contributed by atoms with Crippen LogP contribution in [-0.2, 0) is 6.54 Å². The van der Waals surface area contributed by atoms with Gasteiger partial charge in [0.05, 0.1) is 18.9 Å². The molecule has 8 nitrogen and oxygen atoms in total. The highest BCUT2D eigenvalue weighted by atomic mass is 35.5. The Morgan fingerprint density at radius 3 is 2.92 bits per heavy atom. The highest BCUT2D eigenvalue weighted by molar-refractivity contribution is 6.31. The van der Waals surface area contributed by atoms with Crippen molar-refractivity contribution in [2.75, 3.05) is 18.8 Å². The summed E-state index contributed by atoms with van der Waals surface area (Å²) in [7, 11) is 0. The van der Waals surface area contributed by atoms with Crippen molar-refractivity contribution in [3.63, 3.8) is 0 Å². The minimum atomic E-state index is -0.687. The monoisotopic (exact) mass is 364 g/mol. The highest BCUT2D eigenvalue weighted by Gasteiger charge is 2.11. The zero-order valence-electron chi connectivity index (χ0n) is 13.6. The zero-order chi connectivity index (χ0) is 18.4. The number of nitrogens with two attached hydrogens (primary N) is 2. The maximum absolute atomic E-state index is 12.1. The third-order valence-electron chi connectivity index (χ3n) is 3.50. The van der Waals surface area contributed by atoms with E-state index in [0.29, 0.717) is 16.5 Å².